The van der Waals surface area contributed by atoms with Gasteiger partial charge >= 0.3 is 0 Å². The minimum absolute atomic E-state index is 0. The molecule has 4 nitrogen and oxygen atoms in total. The summed E-state index contributed by atoms with van der Waals surface area (Å²) in [5.74, 6) is 0.926. The summed E-state index contributed by atoms with van der Waals surface area (Å²) in [5.41, 5.74) is 4.10. The SMILES string of the molecule is CNCCC1CCN(C(=O)c2cc(C)n(-c3ccccc3)c2C)CC1.Cl. The van der Waals surface area contributed by atoms with Crippen molar-refractivity contribution < 1.29 is 4.79 Å². The van der Waals surface area contributed by atoms with E-state index in [2.05, 4.69) is 28.9 Å². The van der Waals surface area contributed by atoms with Gasteiger partial charge in [-0.15, -0.1) is 12.4 Å². The van der Waals surface area contributed by atoms with E-state index in [-0.39, 0.29) is 18.3 Å². The molecule has 0 saturated carbocycles. The average Bonchev–Trinajstić information content (AvgIpc) is 2.95. The molecular weight excluding hydrogens is 346 g/mol. The molecule has 26 heavy (non-hydrogen) atoms. The number of carbonyl (C=O) groups is 1. The zero-order chi connectivity index (χ0) is 17.8. The number of aryl methyl sites for hydroxylation is 1. The fraction of sp³-hybridized carbons (Fsp3) is 0.476. The molecular formula is C21H30ClN3O. The molecule has 0 aliphatic carbocycles. The second-order valence-electron chi connectivity index (χ2n) is 7.08. The molecule has 142 valence electrons. The highest BCUT2D eigenvalue weighted by atomic mass is 35.5. The highest BCUT2D eigenvalue weighted by Gasteiger charge is 2.26. The monoisotopic (exact) mass is 375 g/mol. The molecule has 3 rings (SSSR count). The maximum absolute atomic E-state index is 13.0. The third-order valence-electron chi connectivity index (χ3n) is 5.38. The first-order chi connectivity index (χ1) is 12.1. The molecule has 0 bridgehead atoms. The first-order valence-electron chi connectivity index (χ1n) is 9.30. The minimum atomic E-state index is 0. The molecule has 1 aliphatic heterocycles. The fourth-order valence-corrected chi connectivity index (χ4v) is 3.90. The molecule has 1 N–H and O–H groups in total. The smallest absolute Gasteiger partial charge is 0.255 e. The van der Waals surface area contributed by atoms with E-state index in [0.29, 0.717) is 0 Å². The maximum atomic E-state index is 13.0. The number of aromatic nitrogens is 1. The Morgan fingerprint density at radius 1 is 1.15 bits per heavy atom. The number of piperidine rings is 1. The van der Waals surface area contributed by atoms with Crippen LogP contribution in [0.15, 0.2) is 36.4 Å². The van der Waals surface area contributed by atoms with Gasteiger partial charge in [-0.1, -0.05) is 18.2 Å². The number of hydrogen-bond acceptors (Lipinski definition) is 2. The van der Waals surface area contributed by atoms with Crippen LogP contribution in [0, 0.1) is 19.8 Å². The van der Waals surface area contributed by atoms with Crippen molar-refractivity contribution in [1.82, 2.24) is 14.8 Å². The summed E-state index contributed by atoms with van der Waals surface area (Å²) in [6, 6.07) is 12.3. The van der Waals surface area contributed by atoms with Gasteiger partial charge in [0.15, 0.2) is 0 Å². The Bertz CT molecular complexity index is 718. The third-order valence-corrected chi connectivity index (χ3v) is 5.38. The number of benzene rings is 1. The molecule has 0 radical (unpaired) electrons. The normalized spacial score (nSPS) is 15.0. The van der Waals surface area contributed by atoms with E-state index in [1.807, 2.05) is 43.1 Å². The molecule has 2 heterocycles. The Hall–Kier alpha value is -1.78. The number of halogens is 1. The number of carbonyl (C=O) groups excluding carboxylic acids is 1. The lowest BCUT2D eigenvalue weighted by Crippen LogP contribution is -2.39. The predicted octanol–water partition coefficient (Wildman–Crippen LogP) is 3.98. The van der Waals surface area contributed by atoms with Gasteiger partial charge in [-0.3, -0.25) is 4.79 Å². The standard InChI is InChI=1S/C21H29N3O.ClH/c1-16-15-20(17(2)24(16)19-7-5-4-6-8-19)21(25)23-13-10-18(11-14-23)9-12-22-3;/h4-8,15,18,22H,9-14H2,1-3H3;1H. The lowest BCUT2D eigenvalue weighted by molar-refractivity contribution is 0.0686. The van der Waals surface area contributed by atoms with Gasteiger partial charge in [0, 0.05) is 30.2 Å². The van der Waals surface area contributed by atoms with Crippen LogP contribution < -0.4 is 5.32 Å². The summed E-state index contributed by atoms with van der Waals surface area (Å²) in [4.78, 5) is 15.1. The predicted molar refractivity (Wildman–Crippen MR) is 110 cm³/mol. The maximum Gasteiger partial charge on any atom is 0.255 e. The van der Waals surface area contributed by atoms with Crippen LogP contribution in [-0.4, -0.2) is 42.1 Å². The Morgan fingerprint density at radius 3 is 2.42 bits per heavy atom. The number of amides is 1. The van der Waals surface area contributed by atoms with E-state index >= 15 is 0 Å². The van der Waals surface area contributed by atoms with Gasteiger partial charge in [0.05, 0.1) is 5.56 Å². The number of hydrogen-bond donors (Lipinski definition) is 1. The molecule has 0 spiro atoms. The second-order valence-corrected chi connectivity index (χ2v) is 7.08. The fourth-order valence-electron chi connectivity index (χ4n) is 3.90. The van der Waals surface area contributed by atoms with Gasteiger partial charge in [-0.2, -0.15) is 0 Å². The van der Waals surface area contributed by atoms with Gasteiger partial charge in [-0.05, 0) is 70.8 Å². The zero-order valence-electron chi connectivity index (χ0n) is 16.0. The minimum Gasteiger partial charge on any atom is -0.339 e. The number of nitrogens with zero attached hydrogens (tertiary/aromatic N) is 2. The van der Waals surface area contributed by atoms with Gasteiger partial charge < -0.3 is 14.8 Å². The van der Waals surface area contributed by atoms with Gasteiger partial charge in [0.25, 0.3) is 5.91 Å². The van der Waals surface area contributed by atoms with Gasteiger partial charge in [0.1, 0.15) is 0 Å². The van der Waals surface area contributed by atoms with Crippen molar-refractivity contribution in [2.24, 2.45) is 5.92 Å². The van der Waals surface area contributed by atoms with Crippen LogP contribution in [0.2, 0.25) is 0 Å². The van der Waals surface area contributed by atoms with Crippen molar-refractivity contribution >= 4 is 18.3 Å². The Labute approximate surface area is 163 Å². The van der Waals surface area contributed by atoms with Crippen molar-refractivity contribution in [2.75, 3.05) is 26.7 Å². The Morgan fingerprint density at radius 2 is 1.81 bits per heavy atom. The van der Waals surface area contributed by atoms with E-state index in [0.717, 1.165) is 61.0 Å². The zero-order valence-corrected chi connectivity index (χ0v) is 16.8. The molecule has 5 heteroatoms. The molecule has 1 fully saturated rings. The number of para-hydroxylation sites is 1. The van der Waals surface area contributed by atoms with Crippen LogP contribution in [0.4, 0.5) is 0 Å². The molecule has 0 unspecified atom stereocenters. The lowest BCUT2D eigenvalue weighted by atomic mass is 9.93. The van der Waals surface area contributed by atoms with Crippen LogP contribution in [-0.2, 0) is 0 Å². The van der Waals surface area contributed by atoms with E-state index < -0.39 is 0 Å². The Balaban J connectivity index is 0.00000243. The number of likely N-dealkylation sites (tertiary alicyclic amines) is 1. The molecule has 2 aromatic rings. The summed E-state index contributed by atoms with van der Waals surface area (Å²) in [6.07, 6.45) is 3.44. The van der Waals surface area contributed by atoms with Crippen molar-refractivity contribution in [3.63, 3.8) is 0 Å². The number of nitrogens with one attached hydrogen (secondary N) is 1. The first-order valence-corrected chi connectivity index (χ1v) is 9.30. The molecule has 1 aliphatic rings. The molecule has 1 amide bonds. The lowest BCUT2D eigenvalue weighted by Gasteiger charge is -2.32. The topological polar surface area (TPSA) is 37.3 Å². The van der Waals surface area contributed by atoms with E-state index in [1.54, 1.807) is 0 Å². The van der Waals surface area contributed by atoms with Gasteiger partial charge in [-0.25, -0.2) is 0 Å². The van der Waals surface area contributed by atoms with Crippen LogP contribution >= 0.6 is 12.4 Å². The largest absolute Gasteiger partial charge is 0.339 e. The van der Waals surface area contributed by atoms with Crippen molar-refractivity contribution in [2.45, 2.75) is 33.1 Å². The second kappa shape index (κ2) is 9.24. The summed E-state index contributed by atoms with van der Waals surface area (Å²) in [7, 11) is 2.00. The van der Waals surface area contributed by atoms with Crippen molar-refractivity contribution in [3.8, 4) is 5.69 Å². The molecule has 1 aromatic heterocycles. The van der Waals surface area contributed by atoms with Crippen LogP contribution in [0.1, 0.15) is 41.0 Å². The molecule has 1 aromatic carbocycles. The van der Waals surface area contributed by atoms with Crippen molar-refractivity contribution in [3.05, 3.63) is 53.3 Å². The van der Waals surface area contributed by atoms with Crippen molar-refractivity contribution in [1.29, 1.82) is 0 Å². The third kappa shape index (κ3) is 4.30. The highest BCUT2D eigenvalue weighted by Crippen LogP contribution is 2.25. The van der Waals surface area contributed by atoms with Crippen LogP contribution in [0.5, 0.6) is 0 Å². The quantitative estimate of drug-likeness (QED) is 0.858. The van der Waals surface area contributed by atoms with E-state index in [4.69, 9.17) is 0 Å². The molecule has 0 atom stereocenters. The summed E-state index contributed by atoms with van der Waals surface area (Å²) in [5, 5.41) is 3.22. The van der Waals surface area contributed by atoms with Gasteiger partial charge in [0.2, 0.25) is 0 Å². The number of rotatable bonds is 5. The van der Waals surface area contributed by atoms with Crippen LogP contribution in [0.25, 0.3) is 5.69 Å². The highest BCUT2D eigenvalue weighted by molar-refractivity contribution is 5.96. The molecule has 1 saturated heterocycles. The first kappa shape index (κ1) is 20.5. The average molecular weight is 376 g/mol. The van der Waals surface area contributed by atoms with E-state index in [9.17, 15) is 4.79 Å². The summed E-state index contributed by atoms with van der Waals surface area (Å²) >= 11 is 0. The Kier molecular flexibility index (Phi) is 7.30. The van der Waals surface area contributed by atoms with E-state index in [1.165, 1.54) is 6.42 Å². The summed E-state index contributed by atoms with van der Waals surface area (Å²) in [6.45, 7) is 6.94. The van der Waals surface area contributed by atoms with Crippen LogP contribution in [0.3, 0.4) is 0 Å². The summed E-state index contributed by atoms with van der Waals surface area (Å²) < 4.78 is 2.17.